The van der Waals surface area contributed by atoms with E-state index in [9.17, 15) is 9.59 Å². The lowest BCUT2D eigenvalue weighted by Gasteiger charge is -2.18. The third-order valence-electron chi connectivity index (χ3n) is 3.38. The van der Waals surface area contributed by atoms with Gasteiger partial charge in [0.2, 0.25) is 0 Å². The van der Waals surface area contributed by atoms with Crippen molar-refractivity contribution in [2.45, 2.75) is 0 Å². The van der Waals surface area contributed by atoms with E-state index in [-0.39, 0.29) is 24.1 Å². The highest BCUT2D eigenvalue weighted by Crippen LogP contribution is 2.31. The van der Waals surface area contributed by atoms with Gasteiger partial charge in [0.15, 0.2) is 18.1 Å². The quantitative estimate of drug-likeness (QED) is 0.764. The molecule has 2 N–H and O–H groups in total. The maximum Gasteiger partial charge on any atom is 0.277 e. The van der Waals surface area contributed by atoms with E-state index >= 15 is 0 Å². The molecule has 0 spiro atoms. The van der Waals surface area contributed by atoms with Gasteiger partial charge in [-0.25, -0.2) is 0 Å². The molecule has 24 heavy (non-hydrogen) atoms. The van der Waals surface area contributed by atoms with Crippen molar-refractivity contribution < 1.29 is 18.8 Å². The molecule has 3 aromatic rings. The van der Waals surface area contributed by atoms with Crippen LogP contribution in [0.4, 0.5) is 11.4 Å². The highest BCUT2D eigenvalue weighted by Gasteiger charge is 2.18. The van der Waals surface area contributed by atoms with Crippen molar-refractivity contribution in [3.63, 3.8) is 0 Å². The van der Waals surface area contributed by atoms with Crippen molar-refractivity contribution in [3.8, 4) is 16.4 Å². The van der Waals surface area contributed by atoms with Gasteiger partial charge >= 0.3 is 0 Å². The Labute approximate surface area is 140 Å². The van der Waals surface area contributed by atoms with Crippen LogP contribution in [0.2, 0.25) is 0 Å². The molecule has 1 aliphatic heterocycles. The van der Waals surface area contributed by atoms with Crippen LogP contribution < -0.4 is 15.4 Å². The fourth-order valence-corrected chi connectivity index (χ4v) is 2.94. The number of benzene rings is 1. The summed E-state index contributed by atoms with van der Waals surface area (Å²) < 4.78 is 10.5. The van der Waals surface area contributed by atoms with Crippen LogP contribution in [0.25, 0.3) is 10.6 Å². The Hall–Kier alpha value is -3.13. The van der Waals surface area contributed by atoms with Crippen LogP contribution >= 0.6 is 11.3 Å². The lowest BCUT2D eigenvalue weighted by molar-refractivity contribution is -0.118. The number of thiophene rings is 1. The minimum absolute atomic E-state index is 0.0438. The van der Waals surface area contributed by atoms with Crippen LogP contribution in [0, 0.1) is 0 Å². The van der Waals surface area contributed by atoms with Crippen molar-refractivity contribution in [2.75, 3.05) is 17.2 Å². The highest BCUT2D eigenvalue weighted by molar-refractivity contribution is 7.13. The zero-order chi connectivity index (χ0) is 16.5. The number of hydrogen-bond donors (Lipinski definition) is 2. The third kappa shape index (κ3) is 2.74. The third-order valence-corrected chi connectivity index (χ3v) is 4.26. The number of anilines is 2. The van der Waals surface area contributed by atoms with Gasteiger partial charge in [0.05, 0.1) is 10.6 Å². The Morgan fingerprint density at radius 1 is 1.29 bits per heavy atom. The summed E-state index contributed by atoms with van der Waals surface area (Å²) in [5, 5.41) is 11.1. The van der Waals surface area contributed by atoms with Crippen LogP contribution in [0.15, 0.2) is 46.3 Å². The van der Waals surface area contributed by atoms with Crippen LogP contribution in [0.1, 0.15) is 10.5 Å². The number of hydrogen-bond acceptors (Lipinski definition) is 6. The summed E-state index contributed by atoms with van der Waals surface area (Å²) in [6.45, 7) is -0.0438. The summed E-state index contributed by atoms with van der Waals surface area (Å²) in [5.74, 6) is 0.461. The minimum atomic E-state index is -0.388. The summed E-state index contributed by atoms with van der Waals surface area (Å²) in [6, 6.07) is 10.4. The van der Waals surface area contributed by atoms with E-state index in [1.165, 1.54) is 11.3 Å². The van der Waals surface area contributed by atoms with Crippen molar-refractivity contribution in [2.24, 2.45) is 0 Å². The summed E-state index contributed by atoms with van der Waals surface area (Å²) in [7, 11) is 0. The first-order valence-corrected chi connectivity index (χ1v) is 7.96. The molecular weight excluding hydrogens is 330 g/mol. The second kappa shape index (κ2) is 5.82. The van der Waals surface area contributed by atoms with Gasteiger partial charge < -0.3 is 19.9 Å². The van der Waals surface area contributed by atoms with E-state index in [0.29, 0.717) is 22.9 Å². The summed E-state index contributed by atoms with van der Waals surface area (Å²) >= 11 is 1.50. The average Bonchev–Trinajstić information content (AvgIpc) is 3.26. The minimum Gasteiger partial charge on any atom is -0.482 e. The first-order chi connectivity index (χ1) is 11.7. The van der Waals surface area contributed by atoms with Gasteiger partial charge in [0.25, 0.3) is 11.8 Å². The molecule has 0 fully saturated rings. The van der Waals surface area contributed by atoms with E-state index in [1.807, 2.05) is 17.5 Å². The molecule has 2 aromatic heterocycles. The largest absolute Gasteiger partial charge is 0.482 e. The lowest BCUT2D eigenvalue weighted by atomic mass is 10.2. The molecule has 1 aliphatic rings. The number of ether oxygens (including phenoxy) is 1. The van der Waals surface area contributed by atoms with E-state index in [1.54, 1.807) is 24.3 Å². The molecule has 4 rings (SSSR count). The van der Waals surface area contributed by atoms with Gasteiger partial charge in [-0.1, -0.05) is 11.2 Å². The number of carbonyl (C=O) groups excluding carboxylic acids is 2. The molecule has 0 saturated carbocycles. The van der Waals surface area contributed by atoms with Gasteiger partial charge in [0.1, 0.15) is 5.75 Å². The first kappa shape index (κ1) is 14.5. The van der Waals surface area contributed by atoms with Gasteiger partial charge in [0, 0.05) is 17.8 Å². The maximum atomic E-state index is 12.3. The van der Waals surface area contributed by atoms with Gasteiger partial charge in [-0.15, -0.1) is 11.3 Å². The van der Waals surface area contributed by atoms with Crippen molar-refractivity contribution in [3.05, 3.63) is 47.5 Å². The average molecular weight is 341 g/mol. The van der Waals surface area contributed by atoms with Crippen LogP contribution in [0.5, 0.6) is 5.75 Å². The molecule has 1 aromatic carbocycles. The molecule has 8 heteroatoms. The predicted octanol–water partition coefficient (Wildman–Crippen LogP) is 2.99. The van der Waals surface area contributed by atoms with Crippen LogP contribution in [-0.4, -0.2) is 23.6 Å². The Morgan fingerprint density at radius 3 is 3.04 bits per heavy atom. The fraction of sp³-hybridized carbons (Fsp3) is 0.0625. The Kier molecular flexibility index (Phi) is 3.51. The van der Waals surface area contributed by atoms with Crippen molar-refractivity contribution in [1.29, 1.82) is 0 Å². The topological polar surface area (TPSA) is 93.5 Å². The normalized spacial score (nSPS) is 12.9. The maximum absolute atomic E-state index is 12.3. The SMILES string of the molecule is O=C1COc2cc(NC(=O)c3cc(-c4cccs4)on3)ccc2N1. The molecule has 0 bridgehead atoms. The number of carbonyl (C=O) groups is 2. The van der Waals surface area contributed by atoms with Crippen molar-refractivity contribution in [1.82, 2.24) is 5.16 Å². The highest BCUT2D eigenvalue weighted by atomic mass is 32.1. The molecule has 120 valence electrons. The monoisotopic (exact) mass is 341 g/mol. The Morgan fingerprint density at radius 2 is 2.21 bits per heavy atom. The first-order valence-electron chi connectivity index (χ1n) is 7.08. The summed E-state index contributed by atoms with van der Waals surface area (Å²) in [4.78, 5) is 24.4. The number of rotatable bonds is 3. The van der Waals surface area contributed by atoms with Crippen LogP contribution in [0.3, 0.4) is 0 Å². The second-order valence-electron chi connectivity index (χ2n) is 5.06. The van der Waals surface area contributed by atoms with Gasteiger partial charge in [-0.2, -0.15) is 0 Å². The zero-order valence-corrected chi connectivity index (χ0v) is 13.1. The fourth-order valence-electron chi connectivity index (χ4n) is 2.26. The van der Waals surface area contributed by atoms with E-state index < -0.39 is 0 Å². The summed E-state index contributed by atoms with van der Waals surface area (Å²) in [6.07, 6.45) is 0. The van der Waals surface area contributed by atoms with Crippen LogP contribution in [-0.2, 0) is 4.79 Å². The molecule has 0 aliphatic carbocycles. The van der Waals surface area contributed by atoms with E-state index in [2.05, 4.69) is 15.8 Å². The molecule has 0 saturated heterocycles. The standard InChI is InChI=1S/C16H11N3O4S/c20-15-8-22-12-6-9(3-4-10(12)18-15)17-16(21)11-7-13(23-19-11)14-2-1-5-24-14/h1-7H,8H2,(H,17,21)(H,18,20). The molecule has 3 heterocycles. The molecule has 2 amide bonds. The lowest BCUT2D eigenvalue weighted by Crippen LogP contribution is -2.25. The molecule has 0 radical (unpaired) electrons. The number of fused-ring (bicyclic) bond motifs is 1. The van der Waals surface area contributed by atoms with E-state index in [0.717, 1.165) is 4.88 Å². The molecular formula is C16H11N3O4S. The Bertz CT molecular complexity index is 917. The van der Waals surface area contributed by atoms with E-state index in [4.69, 9.17) is 9.26 Å². The van der Waals surface area contributed by atoms with Gasteiger partial charge in [-0.05, 0) is 23.6 Å². The predicted molar refractivity (Wildman–Crippen MR) is 88.3 cm³/mol. The summed E-state index contributed by atoms with van der Waals surface area (Å²) in [5.41, 5.74) is 1.30. The number of aromatic nitrogens is 1. The zero-order valence-electron chi connectivity index (χ0n) is 12.2. The van der Waals surface area contributed by atoms with Crippen molar-refractivity contribution >= 4 is 34.5 Å². The number of amides is 2. The number of nitrogens with one attached hydrogen (secondary N) is 2. The molecule has 0 atom stereocenters. The molecule has 0 unspecified atom stereocenters. The number of nitrogens with zero attached hydrogens (tertiary/aromatic N) is 1. The molecule has 7 nitrogen and oxygen atoms in total. The Balaban J connectivity index is 1.51. The van der Waals surface area contributed by atoms with Gasteiger partial charge in [-0.3, -0.25) is 9.59 Å². The second-order valence-corrected chi connectivity index (χ2v) is 6.00. The smallest absolute Gasteiger partial charge is 0.277 e.